The zero-order valence-electron chi connectivity index (χ0n) is 11.0. The third-order valence-electron chi connectivity index (χ3n) is 3.02. The van der Waals surface area contributed by atoms with Crippen LogP contribution in [0.5, 0.6) is 0 Å². The minimum atomic E-state index is -0.467. The highest BCUT2D eigenvalue weighted by molar-refractivity contribution is 7.20. The van der Waals surface area contributed by atoms with E-state index in [9.17, 15) is 4.79 Å². The van der Waals surface area contributed by atoms with Gasteiger partial charge in [-0.05, 0) is 19.1 Å². The Balaban J connectivity index is 2.40. The molecule has 3 aromatic rings. The SMILES string of the molecule is CCOC(=O)c1cc2oc(C#N)cc2c2cc(C#N)sc12. The van der Waals surface area contributed by atoms with Crippen LogP contribution in [0, 0.1) is 22.7 Å². The topological polar surface area (TPSA) is 87.0 Å². The summed E-state index contributed by atoms with van der Waals surface area (Å²) in [5, 5.41) is 19.4. The Morgan fingerprint density at radius 3 is 2.76 bits per heavy atom. The van der Waals surface area contributed by atoms with Crippen molar-refractivity contribution >= 4 is 38.4 Å². The molecule has 0 unspecified atom stereocenters. The summed E-state index contributed by atoms with van der Waals surface area (Å²) in [7, 11) is 0. The van der Waals surface area contributed by atoms with Gasteiger partial charge >= 0.3 is 5.97 Å². The maximum Gasteiger partial charge on any atom is 0.339 e. The lowest BCUT2D eigenvalue weighted by Crippen LogP contribution is -2.04. The zero-order valence-corrected chi connectivity index (χ0v) is 11.8. The Kier molecular flexibility index (Phi) is 3.09. The average molecular weight is 296 g/mol. The monoisotopic (exact) mass is 296 g/mol. The van der Waals surface area contributed by atoms with Crippen LogP contribution in [0.4, 0.5) is 0 Å². The van der Waals surface area contributed by atoms with Crippen LogP contribution in [0.1, 0.15) is 27.9 Å². The molecular formula is C15H8N2O3S. The zero-order chi connectivity index (χ0) is 15.0. The van der Waals surface area contributed by atoms with Crippen molar-refractivity contribution in [3.63, 3.8) is 0 Å². The van der Waals surface area contributed by atoms with Crippen molar-refractivity contribution in [2.24, 2.45) is 0 Å². The lowest BCUT2D eigenvalue weighted by atomic mass is 10.1. The first-order chi connectivity index (χ1) is 10.2. The number of ether oxygens (including phenoxy) is 1. The normalized spacial score (nSPS) is 10.4. The molecule has 0 aliphatic heterocycles. The fourth-order valence-electron chi connectivity index (χ4n) is 2.18. The van der Waals surface area contributed by atoms with Crippen LogP contribution in [-0.4, -0.2) is 12.6 Å². The van der Waals surface area contributed by atoms with E-state index in [1.165, 1.54) is 11.3 Å². The van der Waals surface area contributed by atoms with Gasteiger partial charge in [0, 0.05) is 16.8 Å². The summed E-state index contributed by atoms with van der Waals surface area (Å²) in [5.41, 5.74) is 0.786. The van der Waals surface area contributed by atoms with Gasteiger partial charge in [0.2, 0.25) is 5.76 Å². The van der Waals surface area contributed by atoms with Crippen LogP contribution in [0.2, 0.25) is 0 Å². The van der Waals surface area contributed by atoms with Gasteiger partial charge in [0.15, 0.2) is 0 Å². The number of thiophene rings is 1. The molecule has 2 heterocycles. The lowest BCUT2D eigenvalue weighted by molar-refractivity contribution is 0.0529. The summed E-state index contributed by atoms with van der Waals surface area (Å²) in [6.07, 6.45) is 0. The number of hydrogen-bond acceptors (Lipinski definition) is 6. The molecular weight excluding hydrogens is 288 g/mol. The standard InChI is InChI=1S/C15H8N2O3S/c1-2-19-15(18)12-5-13-10(3-8(6-16)20-13)11-4-9(7-17)21-14(11)12/h3-5H,2H2,1H3. The highest BCUT2D eigenvalue weighted by Crippen LogP contribution is 2.36. The molecule has 0 spiro atoms. The van der Waals surface area contributed by atoms with Gasteiger partial charge in [-0.15, -0.1) is 11.3 Å². The first-order valence-corrected chi connectivity index (χ1v) is 6.97. The molecule has 0 atom stereocenters. The molecule has 102 valence electrons. The number of carbonyl (C=O) groups excluding carboxylic acids is 1. The van der Waals surface area contributed by atoms with E-state index >= 15 is 0 Å². The Morgan fingerprint density at radius 1 is 1.29 bits per heavy atom. The summed E-state index contributed by atoms with van der Waals surface area (Å²) in [4.78, 5) is 12.6. The first-order valence-electron chi connectivity index (χ1n) is 6.15. The number of esters is 1. The van der Waals surface area contributed by atoms with E-state index in [2.05, 4.69) is 6.07 Å². The molecule has 0 aliphatic rings. The molecule has 2 aromatic heterocycles. The fraction of sp³-hybridized carbons (Fsp3) is 0.133. The highest BCUT2D eigenvalue weighted by Gasteiger charge is 2.19. The van der Waals surface area contributed by atoms with Crippen LogP contribution >= 0.6 is 11.3 Å². The van der Waals surface area contributed by atoms with Gasteiger partial charge in [-0.2, -0.15) is 10.5 Å². The highest BCUT2D eigenvalue weighted by atomic mass is 32.1. The second-order valence-electron chi connectivity index (χ2n) is 4.24. The molecule has 5 nitrogen and oxygen atoms in total. The van der Waals surface area contributed by atoms with Crippen molar-refractivity contribution < 1.29 is 13.9 Å². The molecule has 0 N–H and O–H groups in total. The summed E-state index contributed by atoms with van der Waals surface area (Å²) >= 11 is 1.22. The summed E-state index contributed by atoms with van der Waals surface area (Å²) in [6.45, 7) is 1.99. The first kappa shape index (κ1) is 13.2. The Bertz CT molecular complexity index is 953. The van der Waals surface area contributed by atoms with E-state index in [1.54, 1.807) is 25.1 Å². The Hall–Kier alpha value is -2.83. The second kappa shape index (κ2) is 4.93. The predicted octanol–water partition coefficient (Wildman–Crippen LogP) is 3.57. The largest absolute Gasteiger partial charge is 0.462 e. The minimum absolute atomic E-state index is 0.164. The predicted molar refractivity (Wildman–Crippen MR) is 77.0 cm³/mol. The Morgan fingerprint density at radius 2 is 2.10 bits per heavy atom. The van der Waals surface area contributed by atoms with Gasteiger partial charge < -0.3 is 9.15 Å². The molecule has 0 saturated carbocycles. The number of carbonyl (C=O) groups is 1. The van der Waals surface area contributed by atoms with E-state index in [-0.39, 0.29) is 12.4 Å². The average Bonchev–Trinajstić information content (AvgIpc) is 3.09. The number of benzene rings is 1. The lowest BCUT2D eigenvalue weighted by Gasteiger charge is -2.03. The number of fused-ring (bicyclic) bond motifs is 3. The maximum absolute atomic E-state index is 12.1. The van der Waals surface area contributed by atoms with Crippen molar-refractivity contribution in [2.75, 3.05) is 6.61 Å². The van der Waals surface area contributed by atoms with Crippen LogP contribution in [0.3, 0.4) is 0 Å². The van der Waals surface area contributed by atoms with E-state index in [0.717, 1.165) is 5.39 Å². The molecule has 0 bridgehead atoms. The van der Waals surface area contributed by atoms with Crippen molar-refractivity contribution in [1.29, 1.82) is 10.5 Å². The van der Waals surface area contributed by atoms with Gasteiger partial charge in [-0.25, -0.2) is 4.79 Å². The van der Waals surface area contributed by atoms with E-state index in [1.807, 2.05) is 6.07 Å². The number of furan rings is 1. The van der Waals surface area contributed by atoms with Crippen molar-refractivity contribution in [3.8, 4) is 12.1 Å². The van der Waals surface area contributed by atoms with Crippen LogP contribution < -0.4 is 0 Å². The van der Waals surface area contributed by atoms with Crippen LogP contribution in [0.15, 0.2) is 22.6 Å². The van der Waals surface area contributed by atoms with Crippen LogP contribution in [-0.2, 0) is 4.74 Å². The molecule has 21 heavy (non-hydrogen) atoms. The van der Waals surface area contributed by atoms with Gasteiger partial charge in [-0.3, -0.25) is 0 Å². The van der Waals surface area contributed by atoms with Crippen molar-refractivity contribution in [3.05, 3.63) is 34.4 Å². The molecule has 0 amide bonds. The summed E-state index contributed by atoms with van der Waals surface area (Å²) in [6, 6.07) is 8.87. The van der Waals surface area contributed by atoms with E-state index in [0.29, 0.717) is 26.1 Å². The second-order valence-corrected chi connectivity index (χ2v) is 5.30. The van der Waals surface area contributed by atoms with E-state index in [4.69, 9.17) is 19.7 Å². The van der Waals surface area contributed by atoms with Gasteiger partial charge in [0.05, 0.1) is 16.9 Å². The number of nitrogens with zero attached hydrogens (tertiary/aromatic N) is 2. The molecule has 3 rings (SSSR count). The Labute approximate surface area is 123 Å². The number of hydrogen-bond donors (Lipinski definition) is 0. The number of rotatable bonds is 2. The fourth-order valence-corrected chi connectivity index (χ4v) is 3.15. The van der Waals surface area contributed by atoms with Crippen LogP contribution in [0.25, 0.3) is 21.1 Å². The van der Waals surface area contributed by atoms with Gasteiger partial charge in [0.25, 0.3) is 0 Å². The van der Waals surface area contributed by atoms with Gasteiger partial charge in [-0.1, -0.05) is 0 Å². The molecule has 1 aromatic carbocycles. The molecule has 0 aliphatic carbocycles. The summed E-state index contributed by atoms with van der Waals surface area (Å²) in [5.74, 6) is -0.303. The van der Waals surface area contributed by atoms with Gasteiger partial charge in [0.1, 0.15) is 22.6 Å². The maximum atomic E-state index is 12.1. The molecule has 0 fully saturated rings. The molecule has 0 radical (unpaired) electrons. The summed E-state index contributed by atoms with van der Waals surface area (Å²) < 4.78 is 11.1. The molecule has 6 heteroatoms. The van der Waals surface area contributed by atoms with Crippen molar-refractivity contribution in [2.45, 2.75) is 6.92 Å². The van der Waals surface area contributed by atoms with Crippen molar-refractivity contribution in [1.82, 2.24) is 0 Å². The third-order valence-corrected chi connectivity index (χ3v) is 4.09. The minimum Gasteiger partial charge on any atom is -0.462 e. The number of nitriles is 2. The smallest absolute Gasteiger partial charge is 0.339 e. The molecule has 0 saturated heterocycles. The van der Waals surface area contributed by atoms with E-state index < -0.39 is 5.97 Å². The quantitative estimate of drug-likeness (QED) is 0.675. The third kappa shape index (κ3) is 2.03.